The first-order valence-corrected chi connectivity index (χ1v) is 7.65. The van der Waals surface area contributed by atoms with Crippen LogP contribution in [-0.2, 0) is 0 Å². The van der Waals surface area contributed by atoms with Gasteiger partial charge in [-0.3, -0.25) is 0 Å². The van der Waals surface area contributed by atoms with Gasteiger partial charge in [-0.1, -0.05) is 48.5 Å². The molecule has 2 aromatic rings. The van der Waals surface area contributed by atoms with Gasteiger partial charge in [0.25, 0.3) is 0 Å². The van der Waals surface area contributed by atoms with E-state index in [2.05, 4.69) is 29.7 Å². The van der Waals surface area contributed by atoms with Crippen molar-refractivity contribution in [3.05, 3.63) is 66.2 Å². The number of benzene rings is 2. The Morgan fingerprint density at radius 2 is 1.73 bits per heavy atom. The monoisotopic (exact) mass is 295 g/mol. The molecule has 1 aliphatic heterocycles. The topological polar surface area (TPSA) is 44.4 Å². The molecule has 2 aromatic carbocycles. The van der Waals surface area contributed by atoms with Crippen molar-refractivity contribution >= 4 is 11.7 Å². The highest BCUT2D eigenvalue weighted by Crippen LogP contribution is 2.24. The molecule has 4 nitrogen and oxygen atoms in total. The van der Waals surface area contributed by atoms with Gasteiger partial charge in [-0.05, 0) is 24.6 Å². The van der Waals surface area contributed by atoms with Crippen molar-refractivity contribution < 1.29 is 4.79 Å². The number of anilines is 1. The molecule has 2 atom stereocenters. The van der Waals surface area contributed by atoms with Crippen molar-refractivity contribution in [2.45, 2.75) is 19.0 Å². The molecule has 2 amide bonds. The fraction of sp³-hybridized carbons (Fsp3) is 0.278. The summed E-state index contributed by atoms with van der Waals surface area (Å²) in [6, 6.07) is 20.1. The number of urea groups is 1. The molecule has 0 aromatic heterocycles. The van der Waals surface area contributed by atoms with Crippen LogP contribution in [0, 0.1) is 0 Å². The van der Waals surface area contributed by atoms with Crippen LogP contribution < -0.4 is 10.6 Å². The standard InChI is InChI=1S/C18H21N3O/c1-14-13-21(18(22)20-16-10-6-3-7-11-16)17(12-19-14)15-8-4-2-5-9-15/h2-11,14,17,19H,12-13H2,1H3,(H,20,22). The summed E-state index contributed by atoms with van der Waals surface area (Å²) in [7, 11) is 0. The van der Waals surface area contributed by atoms with E-state index in [1.807, 2.05) is 53.4 Å². The van der Waals surface area contributed by atoms with Crippen LogP contribution in [-0.4, -0.2) is 30.1 Å². The Labute approximate surface area is 131 Å². The van der Waals surface area contributed by atoms with E-state index in [9.17, 15) is 4.79 Å². The molecule has 0 spiro atoms. The molecule has 4 heteroatoms. The highest BCUT2D eigenvalue weighted by atomic mass is 16.2. The second kappa shape index (κ2) is 6.62. The summed E-state index contributed by atoms with van der Waals surface area (Å²) in [5.74, 6) is 0. The lowest BCUT2D eigenvalue weighted by Gasteiger charge is -2.39. The lowest BCUT2D eigenvalue weighted by molar-refractivity contribution is 0.155. The second-order valence-corrected chi connectivity index (χ2v) is 5.68. The Morgan fingerprint density at radius 3 is 2.41 bits per heavy atom. The van der Waals surface area contributed by atoms with Gasteiger partial charge in [-0.25, -0.2) is 4.79 Å². The second-order valence-electron chi connectivity index (χ2n) is 5.68. The minimum Gasteiger partial charge on any atom is -0.315 e. The molecular formula is C18H21N3O. The molecule has 0 bridgehead atoms. The average molecular weight is 295 g/mol. The Morgan fingerprint density at radius 1 is 1.09 bits per heavy atom. The number of amides is 2. The van der Waals surface area contributed by atoms with Gasteiger partial charge >= 0.3 is 6.03 Å². The number of para-hydroxylation sites is 1. The first kappa shape index (κ1) is 14.6. The molecule has 0 radical (unpaired) electrons. The van der Waals surface area contributed by atoms with Crippen LogP contribution in [0.2, 0.25) is 0 Å². The quantitative estimate of drug-likeness (QED) is 0.893. The van der Waals surface area contributed by atoms with Crippen molar-refractivity contribution in [2.24, 2.45) is 0 Å². The molecule has 1 aliphatic rings. The van der Waals surface area contributed by atoms with Gasteiger partial charge < -0.3 is 15.5 Å². The van der Waals surface area contributed by atoms with Crippen molar-refractivity contribution in [3.63, 3.8) is 0 Å². The third kappa shape index (κ3) is 3.28. The van der Waals surface area contributed by atoms with Crippen molar-refractivity contribution in [3.8, 4) is 0 Å². The van der Waals surface area contributed by atoms with Gasteiger partial charge in [0, 0.05) is 24.8 Å². The summed E-state index contributed by atoms with van der Waals surface area (Å²) >= 11 is 0. The number of hydrogen-bond acceptors (Lipinski definition) is 2. The van der Waals surface area contributed by atoms with E-state index in [0.29, 0.717) is 12.6 Å². The van der Waals surface area contributed by atoms with Gasteiger partial charge in [-0.2, -0.15) is 0 Å². The van der Waals surface area contributed by atoms with Gasteiger partial charge in [0.05, 0.1) is 6.04 Å². The first-order valence-electron chi connectivity index (χ1n) is 7.65. The third-order valence-corrected chi connectivity index (χ3v) is 3.98. The van der Waals surface area contributed by atoms with E-state index in [1.54, 1.807) is 0 Å². The van der Waals surface area contributed by atoms with Crippen molar-refractivity contribution in [2.75, 3.05) is 18.4 Å². The zero-order valence-corrected chi connectivity index (χ0v) is 12.7. The van der Waals surface area contributed by atoms with Crippen LogP contribution in [0.5, 0.6) is 0 Å². The van der Waals surface area contributed by atoms with Crippen molar-refractivity contribution in [1.29, 1.82) is 0 Å². The lowest BCUT2D eigenvalue weighted by Crippen LogP contribution is -2.54. The largest absolute Gasteiger partial charge is 0.322 e. The predicted octanol–water partition coefficient (Wildman–Crippen LogP) is 3.25. The minimum absolute atomic E-state index is 0.0478. The number of carbonyl (C=O) groups is 1. The maximum Gasteiger partial charge on any atom is 0.322 e. The highest BCUT2D eigenvalue weighted by molar-refractivity contribution is 5.89. The summed E-state index contributed by atoms with van der Waals surface area (Å²) in [6.07, 6.45) is 0. The summed E-state index contributed by atoms with van der Waals surface area (Å²) in [5, 5.41) is 6.45. The fourth-order valence-corrected chi connectivity index (χ4v) is 2.82. The normalized spacial score (nSPS) is 21.4. The van der Waals surface area contributed by atoms with Gasteiger partial charge in [0.15, 0.2) is 0 Å². The molecule has 2 N–H and O–H groups in total. The Bertz CT molecular complexity index is 615. The molecule has 1 heterocycles. The molecule has 1 fully saturated rings. The first-order chi connectivity index (χ1) is 10.7. The Kier molecular flexibility index (Phi) is 4.39. The highest BCUT2D eigenvalue weighted by Gasteiger charge is 2.30. The molecule has 0 saturated carbocycles. The van der Waals surface area contributed by atoms with Gasteiger partial charge in [-0.15, -0.1) is 0 Å². The van der Waals surface area contributed by atoms with Crippen LogP contribution in [0.1, 0.15) is 18.5 Å². The zero-order valence-electron chi connectivity index (χ0n) is 12.7. The third-order valence-electron chi connectivity index (χ3n) is 3.98. The van der Waals surface area contributed by atoms with E-state index in [1.165, 1.54) is 0 Å². The summed E-state index contributed by atoms with van der Waals surface area (Å²) in [5.41, 5.74) is 1.98. The number of carbonyl (C=O) groups excluding carboxylic acids is 1. The molecule has 2 unspecified atom stereocenters. The summed E-state index contributed by atoms with van der Waals surface area (Å²) < 4.78 is 0. The van der Waals surface area contributed by atoms with Gasteiger partial charge in [0.2, 0.25) is 0 Å². The number of nitrogens with one attached hydrogen (secondary N) is 2. The maximum absolute atomic E-state index is 12.7. The van der Waals surface area contributed by atoms with Gasteiger partial charge in [0.1, 0.15) is 0 Å². The predicted molar refractivity (Wildman–Crippen MR) is 88.8 cm³/mol. The summed E-state index contributed by atoms with van der Waals surface area (Å²) in [6.45, 7) is 3.57. The molecule has 0 aliphatic carbocycles. The number of hydrogen-bond donors (Lipinski definition) is 2. The molecular weight excluding hydrogens is 274 g/mol. The maximum atomic E-state index is 12.7. The molecule has 114 valence electrons. The number of rotatable bonds is 2. The van der Waals surface area contributed by atoms with Crippen LogP contribution in [0.25, 0.3) is 0 Å². The van der Waals surface area contributed by atoms with Crippen LogP contribution in [0.15, 0.2) is 60.7 Å². The SMILES string of the molecule is CC1CN(C(=O)Nc2ccccc2)C(c2ccccc2)CN1. The zero-order chi connectivity index (χ0) is 15.4. The van der Waals surface area contributed by atoms with E-state index in [0.717, 1.165) is 17.8 Å². The molecule has 1 saturated heterocycles. The summed E-state index contributed by atoms with van der Waals surface area (Å²) in [4.78, 5) is 14.6. The van der Waals surface area contributed by atoms with Crippen LogP contribution >= 0.6 is 0 Å². The van der Waals surface area contributed by atoms with Crippen LogP contribution in [0.3, 0.4) is 0 Å². The smallest absolute Gasteiger partial charge is 0.315 e. The minimum atomic E-state index is -0.0478. The van der Waals surface area contributed by atoms with Crippen LogP contribution in [0.4, 0.5) is 10.5 Å². The van der Waals surface area contributed by atoms with E-state index < -0.39 is 0 Å². The lowest BCUT2D eigenvalue weighted by atomic mass is 10.0. The molecule has 3 rings (SSSR count). The van der Waals surface area contributed by atoms with E-state index >= 15 is 0 Å². The fourth-order valence-electron chi connectivity index (χ4n) is 2.82. The van der Waals surface area contributed by atoms with E-state index in [4.69, 9.17) is 0 Å². The van der Waals surface area contributed by atoms with E-state index in [-0.39, 0.29) is 12.1 Å². The number of piperazine rings is 1. The Balaban J connectivity index is 1.79. The van der Waals surface area contributed by atoms with Crippen molar-refractivity contribution in [1.82, 2.24) is 10.2 Å². The average Bonchev–Trinajstić information content (AvgIpc) is 2.56. The molecule has 22 heavy (non-hydrogen) atoms. The Hall–Kier alpha value is -2.33. The number of nitrogens with zero attached hydrogens (tertiary/aromatic N) is 1.